The molecule has 0 radical (unpaired) electrons. The second-order valence-corrected chi connectivity index (χ2v) is 3.68. The number of epoxide rings is 1. The zero-order valence-electron chi connectivity index (χ0n) is 9.98. The van der Waals surface area contributed by atoms with Gasteiger partial charge in [0, 0.05) is 5.56 Å². The van der Waals surface area contributed by atoms with E-state index in [1.54, 1.807) is 32.4 Å². The van der Waals surface area contributed by atoms with Crippen molar-refractivity contribution in [2.24, 2.45) is 0 Å². The summed E-state index contributed by atoms with van der Waals surface area (Å²) in [7, 11) is 4.44. The topological polar surface area (TPSA) is 57.3 Å². The summed E-state index contributed by atoms with van der Waals surface area (Å²) in [5.41, 5.74) is -0.254. The maximum Gasteiger partial charge on any atom is 0.345 e. The van der Waals surface area contributed by atoms with E-state index in [9.17, 15) is 4.79 Å². The van der Waals surface area contributed by atoms with Crippen LogP contribution in [0.4, 0.5) is 0 Å². The van der Waals surface area contributed by atoms with Gasteiger partial charge in [-0.2, -0.15) is 0 Å². The second kappa shape index (κ2) is 4.25. The summed E-state index contributed by atoms with van der Waals surface area (Å²) < 4.78 is 20.3. The third-order valence-electron chi connectivity index (χ3n) is 2.80. The number of carbonyl (C=O) groups is 1. The van der Waals surface area contributed by atoms with E-state index < -0.39 is 11.6 Å². The molecule has 0 N–H and O–H groups in total. The van der Waals surface area contributed by atoms with Gasteiger partial charge in [-0.25, -0.2) is 4.79 Å². The molecule has 1 aliphatic rings. The molecule has 1 unspecified atom stereocenters. The highest BCUT2D eigenvalue weighted by Crippen LogP contribution is 2.42. The minimum atomic E-state index is -0.964. The maximum atomic E-state index is 11.6. The molecule has 1 heterocycles. The van der Waals surface area contributed by atoms with Crippen LogP contribution in [0, 0.1) is 0 Å². The molecule has 0 spiro atoms. The first-order chi connectivity index (χ1) is 8.17. The lowest BCUT2D eigenvalue weighted by molar-refractivity contribution is -0.147. The van der Waals surface area contributed by atoms with Crippen LogP contribution in [0.3, 0.4) is 0 Å². The van der Waals surface area contributed by atoms with Crippen molar-refractivity contribution in [3.63, 3.8) is 0 Å². The van der Waals surface area contributed by atoms with Gasteiger partial charge in [0.15, 0.2) is 11.5 Å². The van der Waals surface area contributed by atoms with Crippen LogP contribution in [-0.4, -0.2) is 33.9 Å². The first-order valence-corrected chi connectivity index (χ1v) is 5.13. The van der Waals surface area contributed by atoms with Crippen molar-refractivity contribution in [2.45, 2.75) is 5.60 Å². The van der Waals surface area contributed by atoms with Gasteiger partial charge in [-0.05, 0) is 12.1 Å². The summed E-state index contributed by atoms with van der Waals surface area (Å²) in [6, 6.07) is 5.23. The number of rotatable bonds is 4. The lowest BCUT2D eigenvalue weighted by Crippen LogP contribution is -2.23. The smallest absolute Gasteiger partial charge is 0.345 e. The number of carbonyl (C=O) groups excluding carboxylic acids is 1. The zero-order chi connectivity index (χ0) is 12.5. The molecule has 92 valence electrons. The molecule has 1 fully saturated rings. The Hall–Kier alpha value is -1.75. The summed E-state index contributed by atoms with van der Waals surface area (Å²) in [6.07, 6.45) is 0. The molecule has 0 bridgehead atoms. The highest BCUT2D eigenvalue weighted by atomic mass is 16.6. The highest BCUT2D eigenvalue weighted by molar-refractivity contribution is 5.84. The van der Waals surface area contributed by atoms with Gasteiger partial charge in [-0.3, -0.25) is 0 Å². The van der Waals surface area contributed by atoms with Crippen molar-refractivity contribution in [3.8, 4) is 11.5 Å². The lowest BCUT2D eigenvalue weighted by Gasteiger charge is -2.13. The van der Waals surface area contributed by atoms with Crippen molar-refractivity contribution in [2.75, 3.05) is 27.9 Å². The molecule has 0 aromatic heterocycles. The maximum absolute atomic E-state index is 11.6. The van der Waals surface area contributed by atoms with Gasteiger partial charge in [0.1, 0.15) is 0 Å². The van der Waals surface area contributed by atoms with E-state index >= 15 is 0 Å². The monoisotopic (exact) mass is 238 g/mol. The number of methoxy groups -OCH3 is 3. The molecule has 5 heteroatoms. The van der Waals surface area contributed by atoms with E-state index in [4.69, 9.17) is 18.9 Å². The van der Waals surface area contributed by atoms with E-state index in [1.807, 2.05) is 0 Å². The number of ether oxygens (including phenoxy) is 4. The third-order valence-corrected chi connectivity index (χ3v) is 2.80. The predicted octanol–water partition coefficient (Wildman–Crippen LogP) is 1.10. The van der Waals surface area contributed by atoms with Crippen LogP contribution in [0.2, 0.25) is 0 Å². The highest BCUT2D eigenvalue weighted by Gasteiger charge is 2.55. The summed E-state index contributed by atoms with van der Waals surface area (Å²) >= 11 is 0. The minimum Gasteiger partial charge on any atom is -0.493 e. The summed E-state index contributed by atoms with van der Waals surface area (Å²) in [4.78, 5) is 11.6. The molecule has 1 saturated heterocycles. The Morgan fingerprint density at radius 3 is 2.35 bits per heavy atom. The fourth-order valence-corrected chi connectivity index (χ4v) is 1.73. The zero-order valence-corrected chi connectivity index (χ0v) is 9.98. The first kappa shape index (κ1) is 11.7. The van der Waals surface area contributed by atoms with Crippen molar-refractivity contribution in [1.29, 1.82) is 0 Å². The molecule has 0 aliphatic carbocycles. The van der Waals surface area contributed by atoms with Crippen LogP contribution in [-0.2, 0) is 19.9 Å². The number of esters is 1. The Bertz CT molecular complexity index is 437. The average molecular weight is 238 g/mol. The molecule has 0 amide bonds. The van der Waals surface area contributed by atoms with E-state index in [1.165, 1.54) is 7.11 Å². The van der Waals surface area contributed by atoms with Crippen LogP contribution in [0.1, 0.15) is 5.56 Å². The van der Waals surface area contributed by atoms with Crippen LogP contribution >= 0.6 is 0 Å². The van der Waals surface area contributed by atoms with Gasteiger partial charge < -0.3 is 18.9 Å². The van der Waals surface area contributed by atoms with E-state index in [-0.39, 0.29) is 0 Å². The van der Waals surface area contributed by atoms with Crippen LogP contribution in [0.25, 0.3) is 0 Å². The number of hydrogen-bond acceptors (Lipinski definition) is 5. The van der Waals surface area contributed by atoms with Crippen LogP contribution < -0.4 is 9.47 Å². The normalized spacial score (nSPS) is 21.8. The lowest BCUT2D eigenvalue weighted by atomic mass is 9.99. The molecular weight excluding hydrogens is 224 g/mol. The average Bonchev–Trinajstić information content (AvgIpc) is 3.18. The molecule has 1 atom stereocenters. The Labute approximate surface area is 99.2 Å². The summed E-state index contributed by atoms with van der Waals surface area (Å²) in [6.45, 7) is 0.329. The second-order valence-electron chi connectivity index (χ2n) is 3.68. The quantitative estimate of drug-likeness (QED) is 0.580. The minimum absolute atomic E-state index is 0.329. The summed E-state index contributed by atoms with van der Waals surface area (Å²) in [5.74, 6) is 0.769. The predicted molar refractivity (Wildman–Crippen MR) is 59.2 cm³/mol. The van der Waals surface area contributed by atoms with Gasteiger partial charge in [-0.15, -0.1) is 0 Å². The Kier molecular flexibility index (Phi) is 2.93. The molecule has 0 saturated carbocycles. The Morgan fingerprint density at radius 1 is 1.24 bits per heavy atom. The molecule has 1 aromatic carbocycles. The first-order valence-electron chi connectivity index (χ1n) is 5.13. The van der Waals surface area contributed by atoms with Crippen LogP contribution in [0.15, 0.2) is 18.2 Å². The molecule has 5 nitrogen and oxygen atoms in total. The van der Waals surface area contributed by atoms with Gasteiger partial charge >= 0.3 is 5.97 Å². The van der Waals surface area contributed by atoms with Crippen molar-refractivity contribution < 1.29 is 23.7 Å². The van der Waals surface area contributed by atoms with Gasteiger partial charge in [0.25, 0.3) is 0 Å². The largest absolute Gasteiger partial charge is 0.493 e. The van der Waals surface area contributed by atoms with E-state index in [0.29, 0.717) is 23.7 Å². The third kappa shape index (κ3) is 1.82. The van der Waals surface area contributed by atoms with Gasteiger partial charge in [-0.1, -0.05) is 6.07 Å². The Morgan fingerprint density at radius 2 is 1.88 bits per heavy atom. The molecule has 1 aromatic rings. The van der Waals surface area contributed by atoms with E-state index in [0.717, 1.165) is 0 Å². The number of benzene rings is 1. The summed E-state index contributed by atoms with van der Waals surface area (Å²) in [5, 5.41) is 0. The Balaban J connectivity index is 2.37. The van der Waals surface area contributed by atoms with Gasteiger partial charge in [0.2, 0.25) is 5.60 Å². The standard InChI is InChI=1S/C12H14O5/c1-14-9-5-4-8(6-10(9)15-2)12(7-17-12)11(13)16-3/h4-6H,7H2,1-3H3. The van der Waals surface area contributed by atoms with Gasteiger partial charge in [0.05, 0.1) is 27.9 Å². The number of hydrogen-bond donors (Lipinski definition) is 0. The molecule has 2 rings (SSSR count). The molecule has 17 heavy (non-hydrogen) atoms. The molecule has 1 aliphatic heterocycles. The van der Waals surface area contributed by atoms with Crippen molar-refractivity contribution >= 4 is 5.97 Å². The SMILES string of the molecule is COC(=O)C1(c2ccc(OC)c(OC)c2)CO1. The van der Waals surface area contributed by atoms with E-state index in [2.05, 4.69) is 0 Å². The van der Waals surface area contributed by atoms with Crippen molar-refractivity contribution in [1.82, 2.24) is 0 Å². The van der Waals surface area contributed by atoms with Crippen LogP contribution in [0.5, 0.6) is 11.5 Å². The fourth-order valence-electron chi connectivity index (χ4n) is 1.73. The fraction of sp³-hybridized carbons (Fsp3) is 0.417. The molecular formula is C12H14O5. The van der Waals surface area contributed by atoms with Crippen molar-refractivity contribution in [3.05, 3.63) is 23.8 Å².